The van der Waals surface area contributed by atoms with Crippen LogP contribution >= 0.6 is 0 Å². The molecule has 0 saturated carbocycles. The second kappa shape index (κ2) is 23.2. The topological polar surface area (TPSA) is 314 Å². The molecule has 0 radical (unpaired) electrons. The van der Waals surface area contributed by atoms with Crippen LogP contribution in [0.2, 0.25) is 0 Å². The molecule has 0 aliphatic carbocycles. The molecule has 0 amide bonds. The lowest BCUT2D eigenvalue weighted by atomic mass is 9.74. The minimum Gasteiger partial charge on any atom is -0.420 e. The fraction of sp³-hybridized carbons (Fsp3) is 0.308. The fourth-order valence-corrected chi connectivity index (χ4v) is 13.6. The summed E-state index contributed by atoms with van der Waals surface area (Å²) in [6.45, 7) is 5.61. The Bertz CT molecular complexity index is 4160. The van der Waals surface area contributed by atoms with E-state index in [0.29, 0.717) is 52.5 Å². The number of ether oxygens (including phenoxy) is 2. The molecule has 2 aliphatic rings. The lowest BCUT2D eigenvalue weighted by Gasteiger charge is -2.27. The molecule has 5 N–H and O–H groups in total. The van der Waals surface area contributed by atoms with E-state index in [1.807, 2.05) is 4.90 Å². The summed E-state index contributed by atoms with van der Waals surface area (Å²) in [4.78, 5) is 11.0. The van der Waals surface area contributed by atoms with Crippen molar-refractivity contribution in [2.75, 3.05) is 37.5 Å². The number of carbonyl (C=O) groups is 1. The van der Waals surface area contributed by atoms with Crippen LogP contribution < -0.4 is 9.64 Å². The zero-order chi connectivity index (χ0) is 60.0. The lowest BCUT2D eigenvalue weighted by molar-refractivity contribution is -0.441. The van der Waals surface area contributed by atoms with Crippen LogP contribution in [0.15, 0.2) is 122 Å². The molecular weight excluding hydrogens is 1180 g/mol. The van der Waals surface area contributed by atoms with Gasteiger partial charge in [0, 0.05) is 71.4 Å². The SMILES string of the molecule is COCC[N+]1=C(/C=C/C=C/C=C/C=C2/N(CCCCCC(=O)Oc3c(F)c(F)cc(F)c3F)c3ccc4c(S(=O)(=O)O)cc(S(=O)(=O)O)cc4c3C2(C)C)C(C)(CCCS(=O)(=O)O)c2c1ccc1c(S(=O)(=O)O)cc(S(=O)(=O)O)cc21. The molecule has 436 valence electrons. The number of benzene rings is 5. The van der Waals surface area contributed by atoms with Gasteiger partial charge >= 0.3 is 5.97 Å². The van der Waals surface area contributed by atoms with E-state index in [4.69, 9.17) is 4.74 Å². The van der Waals surface area contributed by atoms with Gasteiger partial charge in [0.2, 0.25) is 23.1 Å². The molecule has 1 atom stereocenters. The first-order valence-corrected chi connectivity index (χ1v) is 31.6. The maximum Gasteiger partial charge on any atom is 0.311 e. The highest BCUT2D eigenvalue weighted by atomic mass is 32.2. The minimum atomic E-state index is -5.11. The average Bonchev–Trinajstić information content (AvgIpc) is 3.93. The molecule has 0 spiro atoms. The van der Waals surface area contributed by atoms with Gasteiger partial charge in [0.05, 0.1) is 21.0 Å². The van der Waals surface area contributed by atoms with Gasteiger partial charge in [-0.25, -0.2) is 8.78 Å². The molecule has 5 aromatic rings. The molecule has 20 nitrogen and oxygen atoms in total. The van der Waals surface area contributed by atoms with Crippen molar-refractivity contribution in [3.05, 3.63) is 137 Å². The minimum absolute atomic E-state index is 0.0181. The Kier molecular flexibility index (Phi) is 17.8. The number of esters is 1. The Labute approximate surface area is 464 Å². The van der Waals surface area contributed by atoms with E-state index in [9.17, 15) is 87.2 Å². The zero-order valence-electron chi connectivity index (χ0n) is 43.3. The number of allylic oxidation sites excluding steroid dienone is 8. The van der Waals surface area contributed by atoms with Crippen molar-refractivity contribution in [1.29, 1.82) is 0 Å². The molecule has 29 heteroatoms. The van der Waals surface area contributed by atoms with E-state index in [0.717, 1.165) is 12.1 Å². The second-order valence-corrected chi connectivity index (χ2v) is 26.8. The third-order valence-corrected chi connectivity index (χ3v) is 18.2. The quantitative estimate of drug-likeness (QED) is 0.00632. The number of hydrogen-bond donors (Lipinski definition) is 5. The molecule has 7 rings (SSSR count). The summed E-state index contributed by atoms with van der Waals surface area (Å²) < 4.78 is 242. The average molecular weight is 1230 g/mol. The number of carbonyl (C=O) groups excluding carboxylic acids is 1. The number of fused-ring (bicyclic) bond motifs is 6. The molecule has 0 aromatic heterocycles. The van der Waals surface area contributed by atoms with Crippen molar-refractivity contribution < 1.29 is 101 Å². The highest BCUT2D eigenvalue weighted by Crippen LogP contribution is 2.52. The van der Waals surface area contributed by atoms with Gasteiger partial charge in [0.25, 0.3) is 50.6 Å². The van der Waals surface area contributed by atoms with Gasteiger partial charge in [0.15, 0.2) is 23.9 Å². The van der Waals surface area contributed by atoms with E-state index in [-0.39, 0.29) is 73.0 Å². The van der Waals surface area contributed by atoms with Gasteiger partial charge in [0.1, 0.15) is 16.4 Å². The van der Waals surface area contributed by atoms with Crippen LogP contribution in [-0.2, 0) is 71.0 Å². The van der Waals surface area contributed by atoms with Gasteiger partial charge in [-0.1, -0.05) is 56.7 Å². The number of unbranched alkanes of at least 4 members (excludes halogenated alkanes) is 2. The lowest BCUT2D eigenvalue weighted by Crippen LogP contribution is -2.32. The Balaban J connectivity index is 1.25. The molecule has 2 heterocycles. The van der Waals surface area contributed by atoms with Crippen molar-refractivity contribution >= 4 is 95.2 Å². The number of halogens is 4. The van der Waals surface area contributed by atoms with E-state index < -0.39 is 128 Å². The Morgan fingerprint density at radius 3 is 1.73 bits per heavy atom. The summed E-state index contributed by atoms with van der Waals surface area (Å²) in [7, 11) is -23.4. The predicted octanol–water partition coefficient (Wildman–Crippen LogP) is 8.72. The Morgan fingerprint density at radius 1 is 0.642 bits per heavy atom. The van der Waals surface area contributed by atoms with Crippen LogP contribution in [0.5, 0.6) is 5.75 Å². The molecule has 0 bridgehead atoms. The van der Waals surface area contributed by atoms with Crippen molar-refractivity contribution in [2.45, 2.75) is 89.7 Å². The molecule has 0 fully saturated rings. The van der Waals surface area contributed by atoms with E-state index in [2.05, 4.69) is 4.74 Å². The molecular formula is C52H53F4N2O18S5+. The monoisotopic (exact) mass is 1230 g/mol. The van der Waals surface area contributed by atoms with E-state index >= 15 is 0 Å². The van der Waals surface area contributed by atoms with Crippen LogP contribution in [0.4, 0.5) is 28.9 Å². The molecule has 5 aromatic carbocycles. The number of anilines is 1. The Morgan fingerprint density at radius 2 is 1.19 bits per heavy atom. The highest BCUT2D eigenvalue weighted by molar-refractivity contribution is 7.87. The van der Waals surface area contributed by atoms with Crippen LogP contribution in [-0.4, -0.2) is 114 Å². The third kappa shape index (κ3) is 13.2. The molecule has 81 heavy (non-hydrogen) atoms. The first kappa shape index (κ1) is 62.4. The van der Waals surface area contributed by atoms with Crippen molar-refractivity contribution in [2.24, 2.45) is 0 Å². The van der Waals surface area contributed by atoms with Gasteiger partial charge in [-0.15, -0.1) is 0 Å². The summed E-state index contributed by atoms with van der Waals surface area (Å²) in [5, 5.41) is -0.175. The smallest absolute Gasteiger partial charge is 0.311 e. The maximum absolute atomic E-state index is 14.2. The van der Waals surface area contributed by atoms with Crippen LogP contribution in [0.25, 0.3) is 21.5 Å². The van der Waals surface area contributed by atoms with Gasteiger partial charge in [-0.05, 0) is 91.4 Å². The van der Waals surface area contributed by atoms with E-state index in [1.165, 1.54) is 25.3 Å². The number of methoxy groups -OCH3 is 1. The summed E-state index contributed by atoms with van der Waals surface area (Å²) in [6, 6.07) is 9.06. The fourth-order valence-electron chi connectivity index (χ4n) is 10.4. The van der Waals surface area contributed by atoms with Gasteiger partial charge in [-0.3, -0.25) is 27.6 Å². The normalized spacial score (nSPS) is 17.5. The second-order valence-electron chi connectivity index (χ2n) is 19.6. The van der Waals surface area contributed by atoms with Crippen LogP contribution in [0, 0.1) is 23.3 Å². The summed E-state index contributed by atoms with van der Waals surface area (Å²) in [5.41, 5.74) is 0.157. The van der Waals surface area contributed by atoms with Crippen LogP contribution in [0.1, 0.15) is 70.4 Å². The zero-order valence-corrected chi connectivity index (χ0v) is 47.4. The maximum atomic E-state index is 14.2. The molecule has 2 aliphatic heterocycles. The number of hydrogen-bond acceptors (Lipinski definition) is 14. The first-order chi connectivity index (χ1) is 37.5. The van der Waals surface area contributed by atoms with Crippen LogP contribution in [0.3, 0.4) is 0 Å². The third-order valence-electron chi connectivity index (χ3n) is 13.9. The number of nitrogens with zero attached hydrogens (tertiary/aromatic N) is 2. The number of rotatable bonds is 22. The highest BCUT2D eigenvalue weighted by Gasteiger charge is 2.49. The largest absolute Gasteiger partial charge is 0.420 e. The van der Waals surface area contributed by atoms with Crippen molar-refractivity contribution in [1.82, 2.24) is 0 Å². The molecule has 1 unspecified atom stereocenters. The molecule has 0 saturated heterocycles. The standard InChI is InChI=1S/C52H52F4N2O18S5/c1-51(2)43(57(22-12-8-11-16-45(59)76-50-48(55)37(53)30-38(54)49(50)56)39-19-17-33-35(46(39)51)26-31(78(63,64)65)28-41(33)80(69,70)71)14-9-6-5-7-10-15-44-52(3,21-13-25-77(60,61)62)47-36-27-32(79(66,67)68)29-42(81(72,73)74)34(36)18-20-40(47)58(44)23-24-75-4/h5-7,9-10,14-15,17-20,26-30H,8,11-13,16,21-25H2,1-4H3,(H4-,60,61,62,63,64,65,66,67,68,69,70,71,72,73,74)/p+1. The Hall–Kier alpha value is -6.25. The summed E-state index contributed by atoms with van der Waals surface area (Å²) in [6.07, 6.45) is 11.4. The predicted molar refractivity (Wildman–Crippen MR) is 288 cm³/mol. The van der Waals surface area contributed by atoms with Gasteiger partial charge in [-0.2, -0.15) is 55.4 Å². The summed E-state index contributed by atoms with van der Waals surface area (Å²) in [5.74, 6) is -10.7. The van der Waals surface area contributed by atoms with Gasteiger partial charge < -0.3 is 14.4 Å². The van der Waals surface area contributed by atoms with E-state index in [1.54, 1.807) is 73.9 Å². The first-order valence-electron chi connectivity index (χ1n) is 24.3. The van der Waals surface area contributed by atoms with Crippen molar-refractivity contribution in [3.8, 4) is 5.75 Å². The van der Waals surface area contributed by atoms with Crippen molar-refractivity contribution in [3.63, 3.8) is 0 Å². The summed E-state index contributed by atoms with van der Waals surface area (Å²) >= 11 is 0.